The minimum atomic E-state index is -0.751. The molecule has 0 aliphatic rings. The Morgan fingerprint density at radius 2 is 2.35 bits per heavy atom. The molecule has 1 amide bonds. The lowest BCUT2D eigenvalue weighted by molar-refractivity contribution is -0.388. The van der Waals surface area contributed by atoms with Crippen molar-refractivity contribution in [2.45, 2.75) is 13.8 Å². The van der Waals surface area contributed by atoms with E-state index in [1.807, 2.05) is 0 Å². The molecule has 1 aromatic heterocycles. The maximum Gasteiger partial charge on any atom is 0.411 e. The number of halogens is 1. The molecule has 0 aliphatic heterocycles. The molecule has 0 aliphatic carbocycles. The van der Waals surface area contributed by atoms with Crippen LogP contribution in [0.5, 0.6) is 0 Å². The van der Waals surface area contributed by atoms with Gasteiger partial charge in [-0.1, -0.05) is 0 Å². The highest BCUT2D eigenvalue weighted by Crippen LogP contribution is 2.27. The van der Waals surface area contributed by atoms with Crippen molar-refractivity contribution in [3.63, 3.8) is 0 Å². The molecule has 1 heterocycles. The number of nitro groups is 1. The summed E-state index contributed by atoms with van der Waals surface area (Å²) < 4.78 is 5.00. The van der Waals surface area contributed by atoms with Gasteiger partial charge in [-0.15, -0.1) is 0 Å². The Morgan fingerprint density at radius 1 is 1.71 bits per heavy atom. The molecule has 1 rings (SSSR count). The normalized spacial score (nSPS) is 9.82. The molecule has 0 saturated heterocycles. The molecule has 0 saturated carbocycles. The maximum absolute atomic E-state index is 11.2. The zero-order valence-electron chi connectivity index (χ0n) is 9.19. The van der Waals surface area contributed by atoms with Crippen LogP contribution in [0.4, 0.5) is 16.3 Å². The van der Waals surface area contributed by atoms with E-state index in [1.54, 1.807) is 13.8 Å². The van der Waals surface area contributed by atoms with Crippen molar-refractivity contribution in [3.8, 4) is 0 Å². The number of anilines is 1. The number of amides is 1. The van der Waals surface area contributed by atoms with Gasteiger partial charge in [-0.2, -0.15) is 0 Å². The third kappa shape index (κ3) is 3.38. The smallest absolute Gasteiger partial charge is 0.411 e. The van der Waals surface area contributed by atoms with Crippen LogP contribution in [-0.2, 0) is 4.74 Å². The molecule has 0 radical (unpaired) electrons. The number of nitrogens with zero attached hydrogens (tertiary/aromatic N) is 2. The van der Waals surface area contributed by atoms with E-state index in [9.17, 15) is 14.9 Å². The second-order valence-electron chi connectivity index (χ2n) is 3.07. The van der Waals surface area contributed by atoms with Gasteiger partial charge in [0, 0.05) is 21.5 Å². The van der Waals surface area contributed by atoms with Crippen LogP contribution in [0.25, 0.3) is 0 Å². The van der Waals surface area contributed by atoms with Crippen molar-refractivity contribution >= 4 is 33.5 Å². The van der Waals surface area contributed by atoms with Crippen LogP contribution in [0, 0.1) is 17.0 Å². The highest BCUT2D eigenvalue weighted by Gasteiger charge is 2.20. The summed E-state index contributed by atoms with van der Waals surface area (Å²) in [7, 11) is 0. The fourth-order valence-corrected chi connectivity index (χ4v) is 1.37. The van der Waals surface area contributed by atoms with Crippen molar-refractivity contribution < 1.29 is 14.5 Å². The first kappa shape index (κ1) is 13.4. The highest BCUT2D eigenvalue weighted by molar-refractivity contribution is 9.10. The van der Waals surface area contributed by atoms with E-state index in [-0.39, 0.29) is 12.3 Å². The van der Waals surface area contributed by atoms with Crippen LogP contribution in [0.15, 0.2) is 10.7 Å². The van der Waals surface area contributed by atoms with Gasteiger partial charge in [0.15, 0.2) is 0 Å². The number of nitrogens with one attached hydrogen (secondary N) is 1. The van der Waals surface area contributed by atoms with Crippen LogP contribution in [0.3, 0.4) is 0 Å². The number of hydrogen-bond donors (Lipinski definition) is 1. The maximum atomic E-state index is 11.2. The van der Waals surface area contributed by atoms with Gasteiger partial charge in [-0.3, -0.25) is 5.32 Å². The Kier molecular flexibility index (Phi) is 4.38. The van der Waals surface area contributed by atoms with E-state index in [1.165, 1.54) is 6.07 Å². The third-order valence-corrected chi connectivity index (χ3v) is 2.62. The largest absolute Gasteiger partial charge is 0.450 e. The molecule has 0 bridgehead atoms. The van der Waals surface area contributed by atoms with Gasteiger partial charge in [0.2, 0.25) is 4.60 Å². The molecular formula is C9H10BrN3O4. The third-order valence-electron chi connectivity index (χ3n) is 1.82. The summed E-state index contributed by atoms with van der Waals surface area (Å²) >= 11 is 3.09. The Hall–Kier alpha value is -1.70. The number of hydrogen-bond acceptors (Lipinski definition) is 5. The SMILES string of the molecule is CCOC(=O)Nc1cc(C)c(Br)nc1[N+](=O)[O-]. The predicted octanol–water partition coefficient (Wildman–Crippen LogP) is 2.63. The van der Waals surface area contributed by atoms with Crippen LogP contribution >= 0.6 is 15.9 Å². The summed E-state index contributed by atoms with van der Waals surface area (Å²) in [4.78, 5) is 25.0. The van der Waals surface area contributed by atoms with Crippen molar-refractivity contribution in [2.24, 2.45) is 0 Å². The Labute approximate surface area is 105 Å². The average molecular weight is 304 g/mol. The molecule has 7 nitrogen and oxygen atoms in total. The second kappa shape index (κ2) is 5.58. The summed E-state index contributed by atoms with van der Waals surface area (Å²) in [5, 5.41) is 13.0. The zero-order valence-corrected chi connectivity index (χ0v) is 10.8. The summed E-state index contributed by atoms with van der Waals surface area (Å²) in [6.45, 7) is 3.53. The summed E-state index contributed by atoms with van der Waals surface area (Å²) in [5.41, 5.74) is 0.677. The predicted molar refractivity (Wildman–Crippen MR) is 64.0 cm³/mol. The first-order valence-corrected chi connectivity index (χ1v) is 5.50. The van der Waals surface area contributed by atoms with Gasteiger partial charge in [-0.05, 0) is 29.8 Å². The monoisotopic (exact) mass is 303 g/mol. The first-order chi connectivity index (χ1) is 7.95. The first-order valence-electron chi connectivity index (χ1n) is 4.71. The fraction of sp³-hybridized carbons (Fsp3) is 0.333. The molecule has 0 spiro atoms. The Morgan fingerprint density at radius 3 is 2.88 bits per heavy atom. The zero-order chi connectivity index (χ0) is 13.0. The van der Waals surface area contributed by atoms with Crippen molar-refractivity contribution in [2.75, 3.05) is 11.9 Å². The fourth-order valence-electron chi connectivity index (χ4n) is 1.09. The van der Waals surface area contributed by atoms with E-state index in [0.717, 1.165) is 0 Å². The standard InChI is InChI=1S/C9H10BrN3O4/c1-3-17-9(14)11-6-4-5(2)7(10)12-8(6)13(15)16/h4H,3H2,1-2H3,(H,11,14). The Bertz CT molecular complexity index is 464. The molecular weight excluding hydrogens is 294 g/mol. The topological polar surface area (TPSA) is 94.4 Å². The summed E-state index contributed by atoms with van der Waals surface area (Å²) in [6.07, 6.45) is -0.751. The average Bonchev–Trinajstić information content (AvgIpc) is 2.23. The van der Waals surface area contributed by atoms with Crippen LogP contribution < -0.4 is 5.32 Å². The lowest BCUT2D eigenvalue weighted by atomic mass is 10.3. The molecule has 0 unspecified atom stereocenters. The van der Waals surface area contributed by atoms with Gasteiger partial charge in [0.25, 0.3) is 0 Å². The minimum Gasteiger partial charge on any atom is -0.450 e. The van der Waals surface area contributed by atoms with Gasteiger partial charge < -0.3 is 14.9 Å². The quantitative estimate of drug-likeness (QED) is 0.526. The number of aryl methyl sites for hydroxylation is 1. The van der Waals surface area contributed by atoms with Gasteiger partial charge in [0.05, 0.1) is 6.61 Å². The van der Waals surface area contributed by atoms with Gasteiger partial charge in [0.1, 0.15) is 5.69 Å². The molecule has 0 atom stereocenters. The molecule has 8 heteroatoms. The second-order valence-corrected chi connectivity index (χ2v) is 3.82. The van der Waals surface area contributed by atoms with Gasteiger partial charge >= 0.3 is 11.9 Å². The number of rotatable bonds is 3. The number of pyridine rings is 1. The number of carbonyl (C=O) groups excluding carboxylic acids is 1. The summed E-state index contributed by atoms with van der Waals surface area (Å²) in [6, 6.07) is 1.45. The lowest BCUT2D eigenvalue weighted by Crippen LogP contribution is -2.15. The van der Waals surface area contributed by atoms with E-state index in [0.29, 0.717) is 10.2 Å². The van der Waals surface area contributed by atoms with Crippen LogP contribution in [0.1, 0.15) is 12.5 Å². The summed E-state index contributed by atoms with van der Waals surface area (Å²) in [5.74, 6) is -0.435. The number of ether oxygens (including phenoxy) is 1. The van der Waals surface area contributed by atoms with E-state index in [4.69, 9.17) is 0 Å². The van der Waals surface area contributed by atoms with E-state index in [2.05, 4.69) is 31.0 Å². The van der Waals surface area contributed by atoms with Gasteiger partial charge in [-0.25, -0.2) is 4.79 Å². The molecule has 0 aromatic carbocycles. The highest BCUT2D eigenvalue weighted by atomic mass is 79.9. The van der Waals surface area contributed by atoms with E-state index < -0.39 is 16.8 Å². The van der Waals surface area contributed by atoms with Crippen molar-refractivity contribution in [3.05, 3.63) is 26.3 Å². The molecule has 17 heavy (non-hydrogen) atoms. The van der Waals surface area contributed by atoms with Crippen molar-refractivity contribution in [1.82, 2.24) is 4.98 Å². The van der Waals surface area contributed by atoms with Crippen LogP contribution in [0.2, 0.25) is 0 Å². The van der Waals surface area contributed by atoms with Crippen molar-refractivity contribution in [1.29, 1.82) is 0 Å². The minimum absolute atomic E-state index is 0.00847. The molecule has 1 aromatic rings. The Balaban J connectivity index is 3.08. The molecule has 0 fully saturated rings. The number of aromatic nitrogens is 1. The van der Waals surface area contributed by atoms with E-state index >= 15 is 0 Å². The lowest BCUT2D eigenvalue weighted by Gasteiger charge is -2.06. The van der Waals surface area contributed by atoms with Crippen LogP contribution in [-0.4, -0.2) is 22.6 Å². The number of carbonyl (C=O) groups is 1. The molecule has 92 valence electrons. The molecule has 1 N–H and O–H groups in total.